The molecule has 0 spiro atoms. The number of amides is 3. The van der Waals surface area contributed by atoms with Crippen LogP contribution in [0.2, 0.25) is 0 Å². The molecule has 7 nitrogen and oxygen atoms in total. The summed E-state index contributed by atoms with van der Waals surface area (Å²) in [4.78, 5) is 37.8. The molecule has 0 radical (unpaired) electrons. The number of carbonyl (C=O) groups is 3. The van der Waals surface area contributed by atoms with E-state index in [2.05, 4.69) is 10.6 Å². The Kier molecular flexibility index (Phi) is 4.16. The molecule has 1 atom stereocenters. The molecule has 3 amide bonds. The van der Waals surface area contributed by atoms with Crippen LogP contribution in [-0.4, -0.2) is 28.6 Å². The fourth-order valence-electron chi connectivity index (χ4n) is 3.50. The van der Waals surface area contributed by atoms with Gasteiger partial charge in [-0.3, -0.25) is 19.7 Å². The molecule has 144 valence electrons. The molecule has 8 heteroatoms. The van der Waals surface area contributed by atoms with E-state index in [1.54, 1.807) is 18.2 Å². The van der Waals surface area contributed by atoms with Crippen LogP contribution < -0.4 is 16.4 Å². The van der Waals surface area contributed by atoms with Gasteiger partial charge in [0.25, 0.3) is 5.91 Å². The van der Waals surface area contributed by atoms with E-state index in [4.69, 9.17) is 7.10 Å². The van der Waals surface area contributed by atoms with E-state index < -0.39 is 29.6 Å². The van der Waals surface area contributed by atoms with Crippen LogP contribution in [0.3, 0.4) is 0 Å². The van der Waals surface area contributed by atoms with Gasteiger partial charge in [-0.05, 0) is 36.8 Å². The van der Waals surface area contributed by atoms with E-state index in [1.807, 2.05) is 0 Å². The Morgan fingerprint density at radius 2 is 2.11 bits per heavy atom. The highest BCUT2D eigenvalue weighted by molar-refractivity contribution is 6.06. The Hall–Kier alpha value is -3.42. The number of imide groups is 1. The lowest BCUT2D eigenvalue weighted by Crippen LogP contribution is -2.52. The molecule has 4 rings (SSSR count). The first kappa shape index (κ1) is 16.7. The monoisotopic (exact) mass is 383 g/mol. The maximum atomic E-state index is 14.0. The molecule has 2 heterocycles. The smallest absolute Gasteiger partial charge is 0.255 e. The fraction of sp³-hybridized carbons (Fsp3) is 0.250. The number of halogens is 1. The molecule has 2 aliphatic rings. The number of anilines is 2. The van der Waals surface area contributed by atoms with Crippen LogP contribution >= 0.6 is 0 Å². The molecular weight excluding hydrogens is 363 g/mol. The van der Waals surface area contributed by atoms with E-state index in [0.29, 0.717) is 28.1 Å². The van der Waals surface area contributed by atoms with E-state index in [0.717, 1.165) is 0 Å². The first-order chi connectivity index (χ1) is 13.8. The Morgan fingerprint density at radius 1 is 1.29 bits per heavy atom. The van der Waals surface area contributed by atoms with Gasteiger partial charge in [-0.15, -0.1) is 0 Å². The Labute approximate surface area is 162 Å². The number of fused-ring (bicyclic) bond motifs is 1. The van der Waals surface area contributed by atoms with Crippen LogP contribution in [0.5, 0.6) is 0 Å². The molecule has 2 aromatic carbocycles. The predicted octanol–water partition coefficient (Wildman–Crippen LogP) is 1.78. The second kappa shape index (κ2) is 6.95. The lowest BCUT2D eigenvalue weighted by Gasteiger charge is -2.29. The molecule has 0 bridgehead atoms. The summed E-state index contributed by atoms with van der Waals surface area (Å²) in [5.41, 5.74) is 8.14. The van der Waals surface area contributed by atoms with Crippen molar-refractivity contribution in [3.8, 4) is 0 Å². The van der Waals surface area contributed by atoms with Crippen molar-refractivity contribution >= 4 is 29.1 Å². The molecular formula is C20H19FN4O3. The van der Waals surface area contributed by atoms with Gasteiger partial charge in [0.05, 0.1) is 1.37 Å². The number of piperidine rings is 1. The van der Waals surface area contributed by atoms with Gasteiger partial charge in [-0.25, -0.2) is 4.39 Å². The highest BCUT2D eigenvalue weighted by Crippen LogP contribution is 2.32. The molecule has 2 aromatic rings. The highest BCUT2D eigenvalue weighted by atomic mass is 19.1. The SMILES string of the molecule is [2H][C@@]1(N2Cc3c(NCc4cc(N)ccc4F)cccc3C2=O)CCC(=O)NC1=O. The van der Waals surface area contributed by atoms with Gasteiger partial charge in [0.2, 0.25) is 11.8 Å². The van der Waals surface area contributed by atoms with Crippen LogP contribution in [0.4, 0.5) is 15.8 Å². The van der Waals surface area contributed by atoms with Crippen LogP contribution in [0.25, 0.3) is 0 Å². The zero-order chi connectivity index (χ0) is 20.8. The number of benzene rings is 2. The van der Waals surface area contributed by atoms with Crippen molar-refractivity contribution in [2.45, 2.75) is 31.9 Å². The average Bonchev–Trinajstić information content (AvgIpc) is 3.04. The number of rotatable bonds is 4. The van der Waals surface area contributed by atoms with Gasteiger partial charge in [0.15, 0.2) is 0 Å². The largest absolute Gasteiger partial charge is 0.399 e. The van der Waals surface area contributed by atoms with Crippen molar-refractivity contribution in [3.63, 3.8) is 0 Å². The van der Waals surface area contributed by atoms with Crippen molar-refractivity contribution in [1.29, 1.82) is 0 Å². The summed E-state index contributed by atoms with van der Waals surface area (Å²) in [6.07, 6.45) is -0.0656. The maximum absolute atomic E-state index is 14.0. The van der Waals surface area contributed by atoms with E-state index in [1.165, 1.54) is 23.1 Å². The van der Waals surface area contributed by atoms with Crippen LogP contribution in [0.1, 0.15) is 35.7 Å². The van der Waals surface area contributed by atoms with Crippen molar-refractivity contribution in [3.05, 3.63) is 58.9 Å². The number of nitrogens with one attached hydrogen (secondary N) is 2. The Bertz CT molecular complexity index is 1040. The van der Waals surface area contributed by atoms with E-state index >= 15 is 0 Å². The molecule has 1 saturated heterocycles. The van der Waals surface area contributed by atoms with Crippen LogP contribution in [0.15, 0.2) is 36.4 Å². The second-order valence-corrected chi connectivity index (χ2v) is 6.75. The second-order valence-electron chi connectivity index (χ2n) is 6.75. The summed E-state index contributed by atoms with van der Waals surface area (Å²) < 4.78 is 22.5. The lowest BCUT2D eigenvalue weighted by atomic mass is 10.0. The quantitative estimate of drug-likeness (QED) is 0.551. The Morgan fingerprint density at radius 3 is 2.89 bits per heavy atom. The third-order valence-electron chi connectivity index (χ3n) is 4.94. The van der Waals surface area contributed by atoms with Crippen LogP contribution in [0, 0.1) is 5.82 Å². The number of nitrogens with two attached hydrogens (primary N) is 1. The normalized spacial score (nSPS) is 22.0. The number of hydrogen-bond donors (Lipinski definition) is 3. The minimum Gasteiger partial charge on any atom is -0.399 e. The topological polar surface area (TPSA) is 105 Å². The summed E-state index contributed by atoms with van der Waals surface area (Å²) in [6.45, 7) is 0.199. The Balaban J connectivity index is 1.59. The minimum absolute atomic E-state index is 0.00478. The van der Waals surface area contributed by atoms with Crippen molar-refractivity contribution in [2.75, 3.05) is 11.1 Å². The number of carbonyl (C=O) groups excluding carboxylic acids is 3. The van der Waals surface area contributed by atoms with Gasteiger partial charge in [0.1, 0.15) is 11.8 Å². The number of hydrogen-bond acceptors (Lipinski definition) is 5. The van der Waals surface area contributed by atoms with Gasteiger partial charge in [-0.2, -0.15) is 0 Å². The van der Waals surface area contributed by atoms with E-state index in [9.17, 15) is 18.8 Å². The van der Waals surface area contributed by atoms with Gasteiger partial charge in [0, 0.05) is 47.6 Å². The number of nitrogens with zero attached hydrogens (tertiary/aromatic N) is 1. The third kappa shape index (κ3) is 3.17. The minimum atomic E-state index is -1.85. The fourth-order valence-corrected chi connectivity index (χ4v) is 3.50. The first-order valence-corrected chi connectivity index (χ1v) is 8.85. The zero-order valence-corrected chi connectivity index (χ0v) is 14.9. The lowest BCUT2D eigenvalue weighted by molar-refractivity contribution is -0.136. The van der Waals surface area contributed by atoms with Gasteiger partial charge in [-0.1, -0.05) is 6.07 Å². The molecule has 2 aliphatic heterocycles. The molecule has 28 heavy (non-hydrogen) atoms. The summed E-state index contributed by atoms with van der Waals surface area (Å²) in [6, 6.07) is 7.51. The maximum Gasteiger partial charge on any atom is 0.255 e. The molecule has 0 aliphatic carbocycles. The first-order valence-electron chi connectivity index (χ1n) is 9.35. The third-order valence-corrected chi connectivity index (χ3v) is 4.94. The number of nitrogen functional groups attached to an aromatic ring is 1. The molecule has 1 fully saturated rings. The summed E-state index contributed by atoms with van der Waals surface area (Å²) in [7, 11) is 0. The summed E-state index contributed by atoms with van der Waals surface area (Å²) >= 11 is 0. The highest BCUT2D eigenvalue weighted by Gasteiger charge is 2.39. The van der Waals surface area contributed by atoms with Crippen molar-refractivity contribution in [2.24, 2.45) is 0 Å². The standard InChI is InChI=1S/C20H19FN4O3/c21-15-5-4-12(22)8-11(15)9-23-16-3-1-2-13-14(16)10-25(20(13)28)17-6-7-18(26)24-19(17)27/h1-5,8,17,23H,6-7,9-10,22H2,(H,24,26,27)/t17-/m1/s1/i17D. The van der Waals surface area contributed by atoms with Crippen molar-refractivity contribution in [1.82, 2.24) is 10.2 Å². The zero-order valence-electron chi connectivity index (χ0n) is 15.9. The van der Waals surface area contributed by atoms with Crippen molar-refractivity contribution < 1.29 is 20.1 Å². The molecule has 0 unspecified atom stereocenters. The van der Waals surface area contributed by atoms with Gasteiger partial charge >= 0.3 is 0 Å². The molecule has 0 aromatic heterocycles. The molecule has 0 saturated carbocycles. The van der Waals surface area contributed by atoms with Gasteiger partial charge < -0.3 is 16.0 Å². The van der Waals surface area contributed by atoms with E-state index in [-0.39, 0.29) is 25.9 Å². The summed E-state index contributed by atoms with van der Waals surface area (Å²) in [5, 5.41) is 5.25. The molecule has 4 N–H and O–H groups in total. The predicted molar refractivity (Wildman–Crippen MR) is 101 cm³/mol. The summed E-state index contributed by atoms with van der Waals surface area (Å²) in [5.74, 6) is -2.09. The van der Waals surface area contributed by atoms with Crippen LogP contribution in [-0.2, 0) is 22.7 Å². The average molecular weight is 383 g/mol.